The Bertz CT molecular complexity index is 444. The van der Waals surface area contributed by atoms with Gasteiger partial charge in [-0.05, 0) is 43.1 Å². The van der Waals surface area contributed by atoms with Crippen molar-refractivity contribution in [3.63, 3.8) is 0 Å². The molecule has 2 N–H and O–H groups in total. The highest BCUT2D eigenvalue weighted by atomic mass is 35.5. The highest BCUT2D eigenvalue weighted by Gasteiger charge is 2.41. The van der Waals surface area contributed by atoms with Crippen LogP contribution in [-0.2, 0) is 11.2 Å². The van der Waals surface area contributed by atoms with Crippen LogP contribution in [0, 0.1) is 11.2 Å². The van der Waals surface area contributed by atoms with Crippen molar-refractivity contribution in [3.8, 4) is 0 Å². The van der Waals surface area contributed by atoms with Gasteiger partial charge >= 0.3 is 5.97 Å². The summed E-state index contributed by atoms with van der Waals surface area (Å²) < 4.78 is 13.1. The largest absolute Gasteiger partial charge is 0.481 e. The second-order valence-electron chi connectivity index (χ2n) is 4.42. The van der Waals surface area contributed by atoms with E-state index < -0.39 is 17.2 Å². The SMILES string of the molecule is O=C(O)C1(Cc2cc(F)ccc2Cl)CCNC1. The van der Waals surface area contributed by atoms with E-state index in [4.69, 9.17) is 11.6 Å². The predicted octanol–water partition coefficient (Wildman–Crippen LogP) is 2.09. The van der Waals surface area contributed by atoms with Crippen LogP contribution in [0.5, 0.6) is 0 Å². The first-order valence-electron chi connectivity index (χ1n) is 5.42. The normalized spacial score (nSPS) is 23.9. The molecule has 3 nitrogen and oxygen atoms in total. The molecule has 0 aromatic heterocycles. The molecule has 0 saturated carbocycles. The van der Waals surface area contributed by atoms with Crippen molar-refractivity contribution >= 4 is 17.6 Å². The monoisotopic (exact) mass is 257 g/mol. The van der Waals surface area contributed by atoms with Gasteiger partial charge < -0.3 is 10.4 Å². The number of carboxylic acid groups (broad SMARTS) is 1. The van der Waals surface area contributed by atoms with Crippen LogP contribution in [0.2, 0.25) is 5.02 Å². The Hall–Kier alpha value is -1.13. The maximum atomic E-state index is 13.1. The molecule has 1 atom stereocenters. The molecule has 0 radical (unpaired) electrons. The Labute approximate surface area is 104 Å². The zero-order valence-electron chi connectivity index (χ0n) is 9.17. The lowest BCUT2D eigenvalue weighted by Crippen LogP contribution is -2.35. The summed E-state index contributed by atoms with van der Waals surface area (Å²) in [6, 6.07) is 4.04. The third-order valence-electron chi connectivity index (χ3n) is 3.23. The molecule has 92 valence electrons. The molecule has 1 aliphatic heterocycles. The van der Waals surface area contributed by atoms with Crippen LogP contribution < -0.4 is 5.32 Å². The molecule has 1 aromatic carbocycles. The molecule has 0 bridgehead atoms. The molecule has 0 spiro atoms. The number of benzene rings is 1. The van der Waals surface area contributed by atoms with Crippen molar-refractivity contribution in [2.75, 3.05) is 13.1 Å². The zero-order chi connectivity index (χ0) is 12.5. The van der Waals surface area contributed by atoms with Crippen LogP contribution in [0.15, 0.2) is 18.2 Å². The molecular formula is C12H13ClFNO2. The van der Waals surface area contributed by atoms with Crippen LogP contribution in [0.25, 0.3) is 0 Å². The highest BCUT2D eigenvalue weighted by molar-refractivity contribution is 6.31. The average molecular weight is 258 g/mol. The van der Waals surface area contributed by atoms with Crippen molar-refractivity contribution in [1.82, 2.24) is 5.32 Å². The summed E-state index contributed by atoms with van der Waals surface area (Å²) in [4.78, 5) is 11.3. The van der Waals surface area contributed by atoms with E-state index in [0.29, 0.717) is 30.1 Å². The van der Waals surface area contributed by atoms with Gasteiger partial charge in [-0.25, -0.2) is 4.39 Å². The molecule has 1 unspecified atom stereocenters. The average Bonchev–Trinajstić information content (AvgIpc) is 2.73. The van der Waals surface area contributed by atoms with E-state index in [1.807, 2.05) is 0 Å². The Kier molecular flexibility index (Phi) is 3.35. The third-order valence-corrected chi connectivity index (χ3v) is 3.60. The standard InChI is InChI=1S/C12H13ClFNO2/c13-10-2-1-9(14)5-8(10)6-12(11(16)17)3-4-15-7-12/h1-2,5,15H,3-4,6-7H2,(H,16,17). The lowest BCUT2D eigenvalue weighted by molar-refractivity contribution is -0.147. The minimum absolute atomic E-state index is 0.256. The molecular weight excluding hydrogens is 245 g/mol. The molecule has 1 heterocycles. The van der Waals surface area contributed by atoms with Crippen LogP contribution in [0.4, 0.5) is 4.39 Å². The van der Waals surface area contributed by atoms with Gasteiger partial charge in [0.2, 0.25) is 0 Å². The maximum absolute atomic E-state index is 13.1. The number of hydrogen-bond acceptors (Lipinski definition) is 2. The van der Waals surface area contributed by atoms with E-state index >= 15 is 0 Å². The summed E-state index contributed by atoms with van der Waals surface area (Å²) in [5, 5.41) is 12.8. The molecule has 1 fully saturated rings. The lowest BCUT2D eigenvalue weighted by atomic mass is 9.81. The van der Waals surface area contributed by atoms with Gasteiger partial charge in [-0.15, -0.1) is 0 Å². The number of carboxylic acids is 1. The van der Waals surface area contributed by atoms with Gasteiger partial charge in [-0.2, -0.15) is 0 Å². The molecule has 1 saturated heterocycles. The van der Waals surface area contributed by atoms with Gasteiger partial charge in [-0.3, -0.25) is 4.79 Å². The summed E-state index contributed by atoms with van der Waals surface area (Å²) >= 11 is 5.96. The van der Waals surface area contributed by atoms with E-state index in [-0.39, 0.29) is 6.42 Å². The molecule has 17 heavy (non-hydrogen) atoms. The fraction of sp³-hybridized carbons (Fsp3) is 0.417. The summed E-state index contributed by atoms with van der Waals surface area (Å²) in [7, 11) is 0. The summed E-state index contributed by atoms with van der Waals surface area (Å²) in [5.74, 6) is -1.25. The number of carbonyl (C=O) groups is 1. The number of halogens is 2. The Morgan fingerprint density at radius 1 is 1.59 bits per heavy atom. The Morgan fingerprint density at radius 3 is 2.94 bits per heavy atom. The van der Waals surface area contributed by atoms with E-state index in [1.165, 1.54) is 18.2 Å². The van der Waals surface area contributed by atoms with Crippen molar-refractivity contribution in [2.45, 2.75) is 12.8 Å². The fourth-order valence-electron chi connectivity index (χ4n) is 2.20. The Morgan fingerprint density at radius 2 is 2.35 bits per heavy atom. The van der Waals surface area contributed by atoms with Crippen LogP contribution >= 0.6 is 11.6 Å². The second kappa shape index (κ2) is 4.63. The molecule has 5 heteroatoms. The minimum atomic E-state index is -0.864. The van der Waals surface area contributed by atoms with Gasteiger partial charge in [0.1, 0.15) is 5.82 Å². The molecule has 2 rings (SSSR count). The van der Waals surface area contributed by atoms with Gasteiger partial charge in [0.05, 0.1) is 5.41 Å². The summed E-state index contributed by atoms with van der Waals surface area (Å²) in [5.41, 5.74) is -0.310. The molecule has 1 aromatic rings. The number of rotatable bonds is 3. The number of hydrogen-bond donors (Lipinski definition) is 2. The zero-order valence-corrected chi connectivity index (χ0v) is 9.93. The summed E-state index contributed by atoms with van der Waals surface area (Å²) in [6.45, 7) is 1.06. The van der Waals surface area contributed by atoms with Gasteiger partial charge in [0.25, 0.3) is 0 Å². The van der Waals surface area contributed by atoms with Crippen molar-refractivity contribution in [3.05, 3.63) is 34.6 Å². The quantitative estimate of drug-likeness (QED) is 0.872. The van der Waals surface area contributed by atoms with Gasteiger partial charge in [0.15, 0.2) is 0 Å². The molecule has 1 aliphatic rings. The first kappa shape index (κ1) is 12.3. The van der Waals surface area contributed by atoms with E-state index in [0.717, 1.165) is 0 Å². The van der Waals surface area contributed by atoms with Gasteiger partial charge in [-0.1, -0.05) is 11.6 Å². The molecule has 0 amide bonds. The van der Waals surface area contributed by atoms with E-state index in [1.54, 1.807) is 0 Å². The second-order valence-corrected chi connectivity index (χ2v) is 4.83. The fourth-order valence-corrected chi connectivity index (χ4v) is 2.38. The van der Waals surface area contributed by atoms with Crippen LogP contribution in [-0.4, -0.2) is 24.2 Å². The summed E-state index contributed by atoms with van der Waals surface area (Å²) in [6.07, 6.45) is 0.793. The smallest absolute Gasteiger partial charge is 0.311 e. The lowest BCUT2D eigenvalue weighted by Gasteiger charge is -2.23. The van der Waals surface area contributed by atoms with Crippen LogP contribution in [0.3, 0.4) is 0 Å². The third kappa shape index (κ3) is 2.42. The van der Waals surface area contributed by atoms with E-state index in [2.05, 4.69) is 5.32 Å². The van der Waals surface area contributed by atoms with E-state index in [9.17, 15) is 14.3 Å². The van der Waals surface area contributed by atoms with Gasteiger partial charge in [0, 0.05) is 11.6 Å². The number of aliphatic carboxylic acids is 1. The van der Waals surface area contributed by atoms with Crippen molar-refractivity contribution in [1.29, 1.82) is 0 Å². The predicted molar refractivity (Wildman–Crippen MR) is 62.7 cm³/mol. The first-order valence-corrected chi connectivity index (χ1v) is 5.79. The minimum Gasteiger partial charge on any atom is -0.481 e. The Balaban J connectivity index is 2.29. The highest BCUT2D eigenvalue weighted by Crippen LogP contribution is 2.33. The number of nitrogens with one attached hydrogen (secondary N) is 1. The molecule has 0 aliphatic carbocycles. The van der Waals surface area contributed by atoms with Crippen LogP contribution in [0.1, 0.15) is 12.0 Å². The van der Waals surface area contributed by atoms with Crippen molar-refractivity contribution in [2.24, 2.45) is 5.41 Å². The topological polar surface area (TPSA) is 49.3 Å². The maximum Gasteiger partial charge on any atom is 0.311 e. The first-order chi connectivity index (χ1) is 8.03. The van der Waals surface area contributed by atoms with Crippen molar-refractivity contribution < 1.29 is 14.3 Å².